The summed E-state index contributed by atoms with van der Waals surface area (Å²) in [5, 5.41) is 16.1. The molecule has 0 aliphatic rings. The molecule has 0 amide bonds. The van der Waals surface area contributed by atoms with Gasteiger partial charge in [0.1, 0.15) is 0 Å². The van der Waals surface area contributed by atoms with Gasteiger partial charge in [-0.15, -0.1) is 0 Å². The number of aliphatic hydroxyl groups excluding tert-OH is 1. The van der Waals surface area contributed by atoms with Crippen LogP contribution >= 0.6 is 0 Å². The van der Waals surface area contributed by atoms with Crippen LogP contribution in [0.4, 0.5) is 0 Å². The monoisotopic (exact) mass is 115 g/mol. The molecule has 0 aromatic heterocycles. The molecule has 0 aliphatic heterocycles. The van der Waals surface area contributed by atoms with E-state index in [9.17, 15) is 0 Å². The fraction of sp³-hybridized carbons (Fsp3) is 0.800. The second kappa shape index (κ2) is 6.41. The first kappa shape index (κ1) is 7.41. The lowest BCUT2D eigenvalue weighted by atomic mass is 10.5. The van der Waals surface area contributed by atoms with Crippen LogP contribution in [-0.4, -0.2) is 24.9 Å². The summed E-state index contributed by atoms with van der Waals surface area (Å²) in [7, 11) is 0. The summed E-state index contributed by atoms with van der Waals surface area (Å²) >= 11 is 0. The quantitative estimate of drug-likeness (QED) is 0.521. The third-order valence-corrected chi connectivity index (χ3v) is 0.594. The molecule has 0 heterocycles. The fourth-order valence-electron chi connectivity index (χ4n) is 0.284. The molecule has 1 N–H and O–H groups in total. The Balaban J connectivity index is 2.65. The number of aliphatic hydroxyl groups is 1. The zero-order chi connectivity index (χ0) is 6.24. The van der Waals surface area contributed by atoms with Gasteiger partial charge in [-0.1, -0.05) is 0 Å². The average molecular weight is 115 g/mol. The van der Waals surface area contributed by atoms with Crippen LogP contribution in [0.5, 0.6) is 0 Å². The van der Waals surface area contributed by atoms with Crippen LogP contribution < -0.4 is 0 Å². The molecular formula is C5H9NO2. The van der Waals surface area contributed by atoms with Crippen LogP contribution in [0, 0.1) is 11.3 Å². The summed E-state index contributed by atoms with van der Waals surface area (Å²) < 4.78 is 4.75. The maximum Gasteiger partial charge on any atom is 0.0698 e. The summed E-state index contributed by atoms with van der Waals surface area (Å²) in [6.07, 6.45) is 0.403. The van der Waals surface area contributed by atoms with Gasteiger partial charge in [0.25, 0.3) is 0 Å². The first-order chi connectivity index (χ1) is 3.91. The van der Waals surface area contributed by atoms with Crippen LogP contribution in [0.3, 0.4) is 0 Å². The Morgan fingerprint density at radius 3 is 2.75 bits per heavy atom. The minimum atomic E-state index is 0.0332. The summed E-state index contributed by atoms with van der Waals surface area (Å²) in [5.74, 6) is 0. The molecular weight excluding hydrogens is 106 g/mol. The smallest absolute Gasteiger partial charge is 0.0698 e. The van der Waals surface area contributed by atoms with Gasteiger partial charge < -0.3 is 9.84 Å². The average Bonchev–Trinajstić information content (AvgIpc) is 1.81. The Morgan fingerprint density at radius 2 is 2.25 bits per heavy atom. The Bertz CT molecular complexity index is 77.0. The maximum absolute atomic E-state index is 8.16. The van der Waals surface area contributed by atoms with E-state index in [1.807, 2.05) is 6.07 Å². The molecule has 0 unspecified atom stereocenters. The minimum Gasteiger partial charge on any atom is -0.394 e. The zero-order valence-electron chi connectivity index (χ0n) is 4.63. The summed E-state index contributed by atoms with van der Waals surface area (Å²) in [6.45, 7) is 0.796. The van der Waals surface area contributed by atoms with E-state index in [1.165, 1.54) is 0 Å². The lowest BCUT2D eigenvalue weighted by molar-refractivity contribution is 0.0961. The van der Waals surface area contributed by atoms with Crippen molar-refractivity contribution in [3.05, 3.63) is 0 Å². The van der Waals surface area contributed by atoms with Crippen molar-refractivity contribution in [1.29, 1.82) is 5.26 Å². The topological polar surface area (TPSA) is 53.2 Å². The van der Waals surface area contributed by atoms with E-state index in [4.69, 9.17) is 15.1 Å². The zero-order valence-corrected chi connectivity index (χ0v) is 4.63. The van der Waals surface area contributed by atoms with Crippen LogP contribution in [0.15, 0.2) is 0 Å². The van der Waals surface area contributed by atoms with Gasteiger partial charge in [0.2, 0.25) is 0 Å². The van der Waals surface area contributed by atoms with E-state index in [1.54, 1.807) is 0 Å². The van der Waals surface area contributed by atoms with Gasteiger partial charge in [-0.05, 0) is 0 Å². The van der Waals surface area contributed by atoms with Gasteiger partial charge in [-0.3, -0.25) is 0 Å². The highest BCUT2D eigenvalue weighted by atomic mass is 16.5. The first-order valence-electron chi connectivity index (χ1n) is 2.47. The molecule has 0 spiro atoms. The second-order valence-electron chi connectivity index (χ2n) is 1.24. The van der Waals surface area contributed by atoms with E-state index < -0.39 is 0 Å². The predicted molar refractivity (Wildman–Crippen MR) is 28.1 cm³/mol. The van der Waals surface area contributed by atoms with Gasteiger partial charge in [0, 0.05) is 0 Å². The molecule has 0 fully saturated rings. The van der Waals surface area contributed by atoms with E-state index in [-0.39, 0.29) is 6.61 Å². The van der Waals surface area contributed by atoms with Crippen LogP contribution in [0.2, 0.25) is 0 Å². The molecule has 0 saturated heterocycles. The third-order valence-electron chi connectivity index (χ3n) is 0.594. The molecule has 0 bridgehead atoms. The lowest BCUT2D eigenvalue weighted by Gasteiger charge is -1.93. The van der Waals surface area contributed by atoms with Crippen LogP contribution in [0.1, 0.15) is 6.42 Å². The molecule has 0 aromatic carbocycles. The van der Waals surface area contributed by atoms with Crippen molar-refractivity contribution >= 4 is 0 Å². The van der Waals surface area contributed by atoms with E-state index >= 15 is 0 Å². The Labute approximate surface area is 48.5 Å². The fourth-order valence-corrected chi connectivity index (χ4v) is 0.284. The first-order valence-corrected chi connectivity index (χ1v) is 2.47. The molecule has 0 saturated carbocycles. The Kier molecular flexibility index (Phi) is 5.94. The van der Waals surface area contributed by atoms with Crippen molar-refractivity contribution < 1.29 is 9.84 Å². The number of hydrogen-bond donors (Lipinski definition) is 1. The molecule has 46 valence electrons. The minimum absolute atomic E-state index is 0.0332. The number of hydrogen-bond acceptors (Lipinski definition) is 3. The normalized spacial score (nSPS) is 8.50. The largest absolute Gasteiger partial charge is 0.394 e. The number of rotatable bonds is 4. The van der Waals surface area contributed by atoms with Crippen molar-refractivity contribution in [3.8, 4) is 6.07 Å². The van der Waals surface area contributed by atoms with Crippen molar-refractivity contribution in [2.45, 2.75) is 6.42 Å². The van der Waals surface area contributed by atoms with Crippen molar-refractivity contribution in [2.75, 3.05) is 19.8 Å². The molecule has 0 rings (SSSR count). The van der Waals surface area contributed by atoms with E-state index in [0.717, 1.165) is 0 Å². The van der Waals surface area contributed by atoms with Gasteiger partial charge in [0.15, 0.2) is 0 Å². The molecule has 0 atom stereocenters. The number of ether oxygens (including phenoxy) is 1. The van der Waals surface area contributed by atoms with Crippen molar-refractivity contribution in [1.82, 2.24) is 0 Å². The molecule has 3 nitrogen and oxygen atoms in total. The molecule has 0 aliphatic carbocycles. The number of nitriles is 1. The van der Waals surface area contributed by atoms with Gasteiger partial charge in [0.05, 0.1) is 32.3 Å². The summed E-state index contributed by atoms with van der Waals surface area (Å²) in [6, 6.07) is 1.92. The van der Waals surface area contributed by atoms with Gasteiger partial charge in [-0.25, -0.2) is 0 Å². The predicted octanol–water partition coefficient (Wildman–Crippen LogP) is -0.0910. The summed E-state index contributed by atoms with van der Waals surface area (Å²) in [4.78, 5) is 0. The molecule has 0 radical (unpaired) electrons. The molecule has 3 heteroatoms. The third kappa shape index (κ3) is 5.41. The highest BCUT2D eigenvalue weighted by Gasteiger charge is 1.82. The second-order valence-corrected chi connectivity index (χ2v) is 1.24. The Hall–Kier alpha value is -0.590. The standard InChI is InChI=1S/C5H9NO2/c6-2-1-4-8-5-3-7/h7H,1,3-5H2. The Morgan fingerprint density at radius 1 is 1.50 bits per heavy atom. The lowest BCUT2D eigenvalue weighted by Crippen LogP contribution is -1.99. The summed E-state index contributed by atoms with van der Waals surface area (Å²) in [5.41, 5.74) is 0. The highest BCUT2D eigenvalue weighted by Crippen LogP contribution is 1.77. The van der Waals surface area contributed by atoms with E-state index in [2.05, 4.69) is 0 Å². The van der Waals surface area contributed by atoms with E-state index in [0.29, 0.717) is 19.6 Å². The van der Waals surface area contributed by atoms with Crippen LogP contribution in [-0.2, 0) is 4.74 Å². The van der Waals surface area contributed by atoms with Crippen molar-refractivity contribution in [2.24, 2.45) is 0 Å². The SMILES string of the molecule is N#CCCOCCO. The van der Waals surface area contributed by atoms with Gasteiger partial charge >= 0.3 is 0 Å². The maximum atomic E-state index is 8.16. The van der Waals surface area contributed by atoms with Crippen molar-refractivity contribution in [3.63, 3.8) is 0 Å². The molecule has 0 aromatic rings. The van der Waals surface area contributed by atoms with Crippen LogP contribution in [0.25, 0.3) is 0 Å². The molecule has 8 heavy (non-hydrogen) atoms. The van der Waals surface area contributed by atoms with Gasteiger partial charge in [-0.2, -0.15) is 5.26 Å². The number of nitrogens with zero attached hydrogens (tertiary/aromatic N) is 1. The highest BCUT2D eigenvalue weighted by molar-refractivity contribution is 4.66.